The zero-order valence-electron chi connectivity index (χ0n) is 16.5. The highest BCUT2D eigenvalue weighted by atomic mass is 35.5. The third kappa shape index (κ3) is 6.12. The minimum atomic E-state index is -0.133. The molecule has 0 unspecified atom stereocenters. The van der Waals surface area contributed by atoms with Crippen molar-refractivity contribution in [3.8, 4) is 5.75 Å². The summed E-state index contributed by atoms with van der Waals surface area (Å²) in [6.45, 7) is 1.72. The third-order valence-electron chi connectivity index (χ3n) is 5.12. The maximum absolute atomic E-state index is 12.4. The number of amides is 3. The maximum atomic E-state index is 12.4. The van der Waals surface area contributed by atoms with Gasteiger partial charge in [0.2, 0.25) is 5.91 Å². The van der Waals surface area contributed by atoms with E-state index >= 15 is 0 Å². The Hall–Kier alpha value is -2.73. The summed E-state index contributed by atoms with van der Waals surface area (Å²) < 4.78 is 5.31. The van der Waals surface area contributed by atoms with Crippen molar-refractivity contribution in [2.24, 2.45) is 5.92 Å². The molecule has 1 heterocycles. The lowest BCUT2D eigenvalue weighted by atomic mass is 9.93. The van der Waals surface area contributed by atoms with Gasteiger partial charge in [-0.1, -0.05) is 35.9 Å². The van der Waals surface area contributed by atoms with Gasteiger partial charge in [0.25, 0.3) is 0 Å². The number of carbonyl (C=O) groups is 2. The largest absolute Gasteiger partial charge is 0.496 e. The molecular weight excluding hydrogens is 390 g/mol. The predicted molar refractivity (Wildman–Crippen MR) is 114 cm³/mol. The van der Waals surface area contributed by atoms with E-state index in [1.807, 2.05) is 30.3 Å². The van der Waals surface area contributed by atoms with Crippen LogP contribution in [0.1, 0.15) is 24.8 Å². The molecule has 1 aliphatic heterocycles. The molecule has 2 aromatic rings. The van der Waals surface area contributed by atoms with Crippen LogP contribution in [0, 0.1) is 5.92 Å². The molecular formula is C22H26ClN3O3. The molecule has 1 aliphatic rings. The number of halogens is 1. The number of para-hydroxylation sites is 1. The lowest BCUT2D eigenvalue weighted by molar-refractivity contribution is -0.122. The third-order valence-corrected chi connectivity index (χ3v) is 5.36. The molecule has 0 radical (unpaired) electrons. The molecule has 2 N–H and O–H groups in total. The average molecular weight is 416 g/mol. The Bertz CT molecular complexity index is 851. The second kappa shape index (κ2) is 10.2. The highest BCUT2D eigenvalue weighted by molar-refractivity contribution is 6.30. The zero-order valence-corrected chi connectivity index (χ0v) is 17.2. The van der Waals surface area contributed by atoms with Crippen LogP contribution in [0.15, 0.2) is 48.5 Å². The van der Waals surface area contributed by atoms with Crippen LogP contribution in [-0.4, -0.2) is 37.0 Å². The van der Waals surface area contributed by atoms with Crippen molar-refractivity contribution in [2.45, 2.75) is 25.8 Å². The van der Waals surface area contributed by atoms with Gasteiger partial charge in [0.1, 0.15) is 5.75 Å². The number of likely N-dealkylation sites (tertiary alicyclic amines) is 1. The molecule has 1 saturated heterocycles. The smallest absolute Gasteiger partial charge is 0.321 e. The van der Waals surface area contributed by atoms with E-state index in [2.05, 4.69) is 10.6 Å². The fourth-order valence-electron chi connectivity index (χ4n) is 3.49. The zero-order chi connectivity index (χ0) is 20.6. The maximum Gasteiger partial charge on any atom is 0.321 e. The monoisotopic (exact) mass is 415 g/mol. The summed E-state index contributed by atoms with van der Waals surface area (Å²) in [6.07, 6.45) is 2.09. The quantitative estimate of drug-likeness (QED) is 0.738. The first-order chi connectivity index (χ1) is 14.0. The molecule has 3 rings (SSSR count). The van der Waals surface area contributed by atoms with Gasteiger partial charge in [-0.05, 0) is 43.0 Å². The molecule has 0 bridgehead atoms. The summed E-state index contributed by atoms with van der Waals surface area (Å²) in [6, 6.07) is 14.6. The molecule has 0 atom stereocenters. The number of anilines is 1. The van der Waals surface area contributed by atoms with Crippen molar-refractivity contribution < 1.29 is 14.3 Å². The Kier molecular flexibility index (Phi) is 7.36. The number of rotatable bonds is 6. The fourth-order valence-corrected chi connectivity index (χ4v) is 3.68. The molecule has 0 aromatic heterocycles. The van der Waals surface area contributed by atoms with Gasteiger partial charge < -0.3 is 20.3 Å². The second-order valence-corrected chi connectivity index (χ2v) is 7.60. The van der Waals surface area contributed by atoms with E-state index in [1.165, 1.54) is 0 Å². The summed E-state index contributed by atoms with van der Waals surface area (Å²) in [5, 5.41) is 6.42. The Morgan fingerprint density at radius 3 is 2.62 bits per heavy atom. The first kappa shape index (κ1) is 21.0. The highest BCUT2D eigenvalue weighted by Crippen LogP contribution is 2.22. The Labute approximate surface area is 176 Å². The van der Waals surface area contributed by atoms with Gasteiger partial charge in [-0.3, -0.25) is 4.79 Å². The van der Waals surface area contributed by atoms with Crippen LogP contribution >= 0.6 is 11.6 Å². The van der Waals surface area contributed by atoms with Crippen LogP contribution in [0.2, 0.25) is 5.02 Å². The van der Waals surface area contributed by atoms with Crippen molar-refractivity contribution >= 4 is 29.2 Å². The topological polar surface area (TPSA) is 70.7 Å². The summed E-state index contributed by atoms with van der Waals surface area (Å²) in [5.41, 5.74) is 1.64. The van der Waals surface area contributed by atoms with Crippen LogP contribution in [0.4, 0.5) is 10.5 Å². The number of methoxy groups -OCH3 is 1. The summed E-state index contributed by atoms with van der Waals surface area (Å²) in [5.74, 6) is 1.08. The van der Waals surface area contributed by atoms with Crippen molar-refractivity contribution in [3.05, 3.63) is 59.1 Å². The first-order valence-electron chi connectivity index (χ1n) is 9.75. The highest BCUT2D eigenvalue weighted by Gasteiger charge is 2.24. The van der Waals surface area contributed by atoms with Gasteiger partial charge in [-0.2, -0.15) is 0 Å². The van der Waals surface area contributed by atoms with Crippen molar-refractivity contribution in [1.82, 2.24) is 10.2 Å². The Morgan fingerprint density at radius 1 is 1.14 bits per heavy atom. The van der Waals surface area contributed by atoms with Gasteiger partial charge in [-0.25, -0.2) is 4.79 Å². The molecule has 1 fully saturated rings. The minimum Gasteiger partial charge on any atom is -0.496 e. The molecule has 154 valence electrons. The van der Waals surface area contributed by atoms with E-state index in [1.54, 1.807) is 30.2 Å². The average Bonchev–Trinajstić information content (AvgIpc) is 2.73. The Balaban J connectivity index is 1.41. The molecule has 2 aromatic carbocycles. The van der Waals surface area contributed by atoms with Crippen LogP contribution < -0.4 is 15.4 Å². The number of ether oxygens (including phenoxy) is 1. The van der Waals surface area contributed by atoms with Crippen LogP contribution in [0.5, 0.6) is 5.75 Å². The van der Waals surface area contributed by atoms with Crippen molar-refractivity contribution in [3.63, 3.8) is 0 Å². The molecule has 29 heavy (non-hydrogen) atoms. The first-order valence-corrected chi connectivity index (χ1v) is 10.1. The molecule has 0 saturated carbocycles. The van der Waals surface area contributed by atoms with Gasteiger partial charge >= 0.3 is 6.03 Å². The Morgan fingerprint density at radius 2 is 1.90 bits per heavy atom. The normalized spacial score (nSPS) is 14.3. The second-order valence-electron chi connectivity index (χ2n) is 7.16. The molecule has 0 spiro atoms. The van der Waals surface area contributed by atoms with E-state index in [0.29, 0.717) is 36.8 Å². The molecule has 3 amide bonds. The lowest BCUT2D eigenvalue weighted by Crippen LogP contribution is -2.41. The van der Waals surface area contributed by atoms with Crippen LogP contribution in [-0.2, 0) is 11.3 Å². The summed E-state index contributed by atoms with van der Waals surface area (Å²) >= 11 is 5.95. The number of benzene rings is 2. The van der Waals surface area contributed by atoms with E-state index < -0.39 is 0 Å². The lowest BCUT2D eigenvalue weighted by Gasteiger charge is -2.31. The number of nitrogens with zero attached hydrogens (tertiary/aromatic N) is 1. The molecule has 7 heteroatoms. The van der Waals surface area contributed by atoms with E-state index in [0.717, 1.165) is 24.2 Å². The van der Waals surface area contributed by atoms with Crippen LogP contribution in [0.25, 0.3) is 0 Å². The van der Waals surface area contributed by atoms with Gasteiger partial charge in [0.05, 0.1) is 7.11 Å². The predicted octanol–water partition coefficient (Wildman–Crippen LogP) is 4.30. The van der Waals surface area contributed by atoms with E-state index in [9.17, 15) is 9.59 Å². The summed E-state index contributed by atoms with van der Waals surface area (Å²) in [4.78, 5) is 26.5. The van der Waals surface area contributed by atoms with Gasteiger partial charge in [-0.15, -0.1) is 0 Å². The number of hydrogen-bond acceptors (Lipinski definition) is 3. The van der Waals surface area contributed by atoms with Crippen LogP contribution in [0.3, 0.4) is 0 Å². The van der Waals surface area contributed by atoms with Gasteiger partial charge in [0, 0.05) is 42.3 Å². The number of urea groups is 1. The van der Waals surface area contributed by atoms with Crippen molar-refractivity contribution in [2.75, 3.05) is 25.5 Å². The summed E-state index contributed by atoms with van der Waals surface area (Å²) in [7, 11) is 1.62. The molecule has 6 nitrogen and oxygen atoms in total. The number of nitrogens with one attached hydrogen (secondary N) is 2. The number of hydrogen-bond donors (Lipinski definition) is 2. The molecule has 0 aliphatic carbocycles. The van der Waals surface area contributed by atoms with Gasteiger partial charge in [0.15, 0.2) is 0 Å². The number of piperidine rings is 1. The number of carbonyl (C=O) groups excluding carboxylic acids is 2. The van der Waals surface area contributed by atoms with E-state index in [4.69, 9.17) is 16.3 Å². The SMILES string of the molecule is COc1ccccc1CNC(=O)CC1CCN(C(=O)Nc2cccc(Cl)c2)CC1. The fraction of sp³-hybridized carbons (Fsp3) is 0.364. The van der Waals surface area contributed by atoms with Crippen molar-refractivity contribution in [1.29, 1.82) is 0 Å². The van der Waals surface area contributed by atoms with E-state index in [-0.39, 0.29) is 17.9 Å². The minimum absolute atomic E-state index is 0.0257. The standard InChI is InChI=1S/C22H26ClN3O3/c1-29-20-8-3-2-5-17(20)15-24-21(27)13-16-9-11-26(12-10-16)22(28)25-19-7-4-6-18(23)14-19/h2-8,14,16H,9-13,15H2,1H3,(H,24,27)(H,25,28).